The second-order valence-corrected chi connectivity index (χ2v) is 6.44. The molecule has 0 bridgehead atoms. The Morgan fingerprint density at radius 2 is 2.24 bits per heavy atom. The fourth-order valence-corrected chi connectivity index (χ4v) is 3.88. The van der Waals surface area contributed by atoms with Crippen LogP contribution in [0.5, 0.6) is 0 Å². The molecule has 17 heavy (non-hydrogen) atoms. The summed E-state index contributed by atoms with van der Waals surface area (Å²) in [6, 6.07) is 5.64. The van der Waals surface area contributed by atoms with Crippen LogP contribution < -0.4 is 11.1 Å². The largest absolute Gasteiger partial charge is 0.329 e. The molecule has 1 unspecified atom stereocenters. The van der Waals surface area contributed by atoms with E-state index in [-0.39, 0.29) is 11.8 Å². The Labute approximate surface area is 102 Å². The maximum absolute atomic E-state index is 11.9. The van der Waals surface area contributed by atoms with Gasteiger partial charge in [-0.15, -0.1) is 0 Å². The second kappa shape index (κ2) is 4.76. The average Bonchev–Trinajstić information content (AvgIpc) is 2.30. The Bertz CT molecular complexity index is 507. The Hall–Kier alpha value is -0.910. The number of nitrogens with one attached hydrogen (secondary N) is 1. The Morgan fingerprint density at radius 1 is 1.47 bits per heavy atom. The molecule has 5 heteroatoms. The van der Waals surface area contributed by atoms with Gasteiger partial charge in [-0.1, -0.05) is 12.1 Å². The topological polar surface area (TPSA) is 72.2 Å². The van der Waals surface area contributed by atoms with Crippen LogP contribution in [0.3, 0.4) is 0 Å². The van der Waals surface area contributed by atoms with Gasteiger partial charge in [0.1, 0.15) is 0 Å². The van der Waals surface area contributed by atoms with E-state index in [4.69, 9.17) is 5.73 Å². The van der Waals surface area contributed by atoms with Gasteiger partial charge in [0.2, 0.25) is 0 Å². The summed E-state index contributed by atoms with van der Waals surface area (Å²) in [5, 5.41) is 3.12. The molecule has 1 atom stereocenters. The summed E-state index contributed by atoms with van der Waals surface area (Å²) >= 11 is 0. The zero-order valence-electron chi connectivity index (χ0n) is 9.94. The number of sulfone groups is 1. The van der Waals surface area contributed by atoms with Crippen molar-refractivity contribution < 1.29 is 8.42 Å². The molecule has 0 radical (unpaired) electrons. The normalized spacial score (nSPS) is 19.6. The Balaban J connectivity index is 2.44. The summed E-state index contributed by atoms with van der Waals surface area (Å²) in [6.07, 6.45) is 1.55. The standard InChI is InChI=1S/C12H18N2O2S/c1-14-11(8-13)9-4-5-12-10(7-9)3-2-6-17(12,15)16/h4-5,7,11,14H,2-3,6,8,13H2,1H3. The van der Waals surface area contributed by atoms with E-state index in [1.54, 1.807) is 6.07 Å². The maximum atomic E-state index is 11.9. The minimum atomic E-state index is -3.05. The van der Waals surface area contributed by atoms with Crippen molar-refractivity contribution in [2.75, 3.05) is 19.3 Å². The van der Waals surface area contributed by atoms with E-state index in [1.807, 2.05) is 19.2 Å². The lowest BCUT2D eigenvalue weighted by Gasteiger charge is -2.20. The number of hydrogen-bond acceptors (Lipinski definition) is 4. The highest BCUT2D eigenvalue weighted by molar-refractivity contribution is 7.91. The van der Waals surface area contributed by atoms with Crippen molar-refractivity contribution in [3.63, 3.8) is 0 Å². The minimum Gasteiger partial charge on any atom is -0.329 e. The molecule has 0 aromatic heterocycles. The van der Waals surface area contributed by atoms with Crippen molar-refractivity contribution in [1.82, 2.24) is 5.32 Å². The smallest absolute Gasteiger partial charge is 0.178 e. The molecule has 1 aliphatic heterocycles. The molecular weight excluding hydrogens is 236 g/mol. The van der Waals surface area contributed by atoms with Gasteiger partial charge in [-0.3, -0.25) is 0 Å². The van der Waals surface area contributed by atoms with E-state index in [0.717, 1.165) is 17.5 Å². The fraction of sp³-hybridized carbons (Fsp3) is 0.500. The second-order valence-electron chi connectivity index (χ2n) is 4.37. The van der Waals surface area contributed by atoms with Crippen LogP contribution in [-0.2, 0) is 16.3 Å². The first-order valence-corrected chi connectivity index (χ1v) is 7.46. The van der Waals surface area contributed by atoms with Gasteiger partial charge in [0.05, 0.1) is 10.6 Å². The quantitative estimate of drug-likeness (QED) is 0.829. The summed E-state index contributed by atoms with van der Waals surface area (Å²) in [6.45, 7) is 0.502. The molecule has 2 rings (SSSR count). The van der Waals surface area contributed by atoms with E-state index in [0.29, 0.717) is 17.9 Å². The number of aryl methyl sites for hydroxylation is 1. The number of rotatable bonds is 3. The lowest BCUT2D eigenvalue weighted by Crippen LogP contribution is -2.25. The molecule has 3 N–H and O–H groups in total. The van der Waals surface area contributed by atoms with Gasteiger partial charge < -0.3 is 11.1 Å². The van der Waals surface area contributed by atoms with E-state index < -0.39 is 9.84 Å². The van der Waals surface area contributed by atoms with Crippen LogP contribution in [-0.4, -0.2) is 27.8 Å². The number of fused-ring (bicyclic) bond motifs is 1. The molecule has 1 heterocycles. The monoisotopic (exact) mass is 254 g/mol. The zero-order chi connectivity index (χ0) is 12.5. The summed E-state index contributed by atoms with van der Waals surface area (Å²) in [4.78, 5) is 0.499. The fourth-order valence-electron chi connectivity index (χ4n) is 2.30. The number of benzene rings is 1. The summed E-state index contributed by atoms with van der Waals surface area (Å²) < 4.78 is 23.7. The van der Waals surface area contributed by atoms with Gasteiger partial charge in [-0.2, -0.15) is 0 Å². The molecule has 1 aromatic carbocycles. The molecule has 94 valence electrons. The molecule has 0 spiro atoms. The molecule has 1 aromatic rings. The third kappa shape index (κ3) is 2.36. The third-order valence-electron chi connectivity index (χ3n) is 3.27. The first-order chi connectivity index (χ1) is 8.08. The summed E-state index contributed by atoms with van der Waals surface area (Å²) in [7, 11) is -1.19. The van der Waals surface area contributed by atoms with Gasteiger partial charge in [-0.05, 0) is 37.1 Å². The van der Waals surface area contributed by atoms with E-state index in [9.17, 15) is 8.42 Å². The van der Waals surface area contributed by atoms with Gasteiger partial charge in [0.15, 0.2) is 9.84 Å². The molecule has 4 nitrogen and oxygen atoms in total. The van der Waals surface area contributed by atoms with Crippen molar-refractivity contribution in [3.05, 3.63) is 29.3 Å². The predicted molar refractivity (Wildman–Crippen MR) is 67.7 cm³/mol. The van der Waals surface area contributed by atoms with Gasteiger partial charge in [0, 0.05) is 12.6 Å². The van der Waals surface area contributed by atoms with Crippen molar-refractivity contribution in [2.24, 2.45) is 5.73 Å². The first-order valence-electron chi connectivity index (χ1n) is 5.81. The van der Waals surface area contributed by atoms with Gasteiger partial charge in [0.25, 0.3) is 0 Å². The molecule has 0 aliphatic carbocycles. The highest BCUT2D eigenvalue weighted by Crippen LogP contribution is 2.27. The molecule has 0 fully saturated rings. The van der Waals surface area contributed by atoms with Crippen molar-refractivity contribution in [2.45, 2.75) is 23.8 Å². The van der Waals surface area contributed by atoms with Crippen LogP contribution >= 0.6 is 0 Å². The number of nitrogens with two attached hydrogens (primary N) is 1. The molecule has 0 saturated carbocycles. The molecular formula is C12H18N2O2S. The first kappa shape index (κ1) is 12.5. The van der Waals surface area contributed by atoms with Crippen LogP contribution in [0.25, 0.3) is 0 Å². The van der Waals surface area contributed by atoms with E-state index in [1.165, 1.54) is 0 Å². The van der Waals surface area contributed by atoms with Crippen molar-refractivity contribution in [1.29, 1.82) is 0 Å². The predicted octanol–water partition coefficient (Wildman–Crippen LogP) is 0.626. The summed E-state index contributed by atoms with van der Waals surface area (Å²) in [5.41, 5.74) is 7.66. The lowest BCUT2D eigenvalue weighted by molar-refractivity contribution is 0.583. The Morgan fingerprint density at radius 3 is 2.88 bits per heavy atom. The number of hydrogen-bond donors (Lipinski definition) is 2. The van der Waals surface area contributed by atoms with Gasteiger partial charge in [-0.25, -0.2) is 8.42 Å². The highest BCUT2D eigenvalue weighted by Gasteiger charge is 2.24. The van der Waals surface area contributed by atoms with Crippen LogP contribution in [0, 0.1) is 0 Å². The van der Waals surface area contributed by atoms with Crippen molar-refractivity contribution >= 4 is 9.84 Å². The maximum Gasteiger partial charge on any atom is 0.178 e. The zero-order valence-corrected chi connectivity index (χ0v) is 10.8. The Kier molecular flexibility index (Phi) is 3.51. The summed E-state index contributed by atoms with van der Waals surface area (Å²) in [5.74, 6) is 0.270. The minimum absolute atomic E-state index is 0.0879. The van der Waals surface area contributed by atoms with E-state index in [2.05, 4.69) is 5.32 Å². The molecule has 0 amide bonds. The third-order valence-corrected chi connectivity index (χ3v) is 5.16. The van der Waals surface area contributed by atoms with Crippen LogP contribution in [0.4, 0.5) is 0 Å². The average molecular weight is 254 g/mol. The lowest BCUT2D eigenvalue weighted by atomic mass is 10.0. The SMILES string of the molecule is CNC(CN)c1ccc2c(c1)CCCS2(=O)=O. The van der Waals surface area contributed by atoms with E-state index >= 15 is 0 Å². The van der Waals surface area contributed by atoms with Gasteiger partial charge >= 0.3 is 0 Å². The number of likely N-dealkylation sites (N-methyl/N-ethyl adjacent to an activating group) is 1. The molecule has 0 saturated heterocycles. The molecule has 1 aliphatic rings. The van der Waals surface area contributed by atoms with Crippen molar-refractivity contribution in [3.8, 4) is 0 Å². The highest BCUT2D eigenvalue weighted by atomic mass is 32.2. The van der Waals surface area contributed by atoms with Crippen LogP contribution in [0.15, 0.2) is 23.1 Å². The van der Waals surface area contributed by atoms with Crippen LogP contribution in [0.1, 0.15) is 23.6 Å². The van der Waals surface area contributed by atoms with Crippen LogP contribution in [0.2, 0.25) is 0 Å².